The predicted molar refractivity (Wildman–Crippen MR) is 79.2 cm³/mol. The second-order valence-electron chi connectivity index (χ2n) is 6.46. The van der Waals surface area contributed by atoms with Gasteiger partial charge in [-0.2, -0.15) is 0 Å². The van der Waals surface area contributed by atoms with E-state index in [1.807, 2.05) is 6.07 Å². The normalized spacial score (nSPS) is 24.5. The lowest BCUT2D eigenvalue weighted by atomic mass is 9.74. The van der Waals surface area contributed by atoms with E-state index in [0.717, 1.165) is 6.42 Å². The molecule has 1 unspecified atom stereocenters. The first-order valence-corrected chi connectivity index (χ1v) is 6.58. The van der Waals surface area contributed by atoms with E-state index >= 15 is 0 Å². The number of nitrogens with two attached hydrogens (primary N) is 1. The Balaban J connectivity index is 2.48. The van der Waals surface area contributed by atoms with Gasteiger partial charge in [0.05, 0.1) is 0 Å². The highest BCUT2D eigenvalue weighted by atomic mass is 14.7. The van der Waals surface area contributed by atoms with Crippen LogP contribution in [0, 0.1) is 5.41 Å². The molecule has 2 rings (SSSR count). The highest BCUT2D eigenvalue weighted by Gasteiger charge is 2.30. The van der Waals surface area contributed by atoms with Crippen molar-refractivity contribution in [2.75, 3.05) is 0 Å². The smallest absolute Gasteiger partial charge is 0.0422 e. The standard InChI is InChI=1S/C17H23N/c1-16(2,3)14-10-11-17(4,18)15(12-14)13-8-6-5-7-9-13/h5-10,12H,11,18H2,1-4H3. The fourth-order valence-corrected chi connectivity index (χ4v) is 2.36. The zero-order chi connectivity index (χ0) is 13.4. The lowest BCUT2D eigenvalue weighted by molar-refractivity contribution is 0.501. The van der Waals surface area contributed by atoms with E-state index in [2.05, 4.69) is 64.1 Å². The first-order valence-electron chi connectivity index (χ1n) is 6.58. The molecule has 1 aliphatic carbocycles. The number of benzene rings is 1. The Kier molecular flexibility index (Phi) is 3.20. The van der Waals surface area contributed by atoms with Crippen LogP contribution in [-0.4, -0.2) is 5.54 Å². The van der Waals surface area contributed by atoms with Crippen LogP contribution in [0.4, 0.5) is 0 Å². The number of allylic oxidation sites excluding steroid dienone is 2. The average molecular weight is 241 g/mol. The highest BCUT2D eigenvalue weighted by molar-refractivity contribution is 5.76. The molecule has 1 nitrogen and oxygen atoms in total. The molecule has 1 heteroatoms. The molecule has 0 amide bonds. The summed E-state index contributed by atoms with van der Waals surface area (Å²) >= 11 is 0. The Morgan fingerprint density at radius 2 is 1.72 bits per heavy atom. The molecular formula is C17H23N. The minimum atomic E-state index is -0.268. The summed E-state index contributed by atoms with van der Waals surface area (Å²) in [5, 5.41) is 0. The van der Waals surface area contributed by atoms with Gasteiger partial charge in [-0.3, -0.25) is 0 Å². The third-order valence-electron chi connectivity index (χ3n) is 3.61. The summed E-state index contributed by atoms with van der Waals surface area (Å²) in [6, 6.07) is 10.5. The molecular weight excluding hydrogens is 218 g/mol. The summed E-state index contributed by atoms with van der Waals surface area (Å²) in [6.45, 7) is 8.85. The van der Waals surface area contributed by atoms with Gasteiger partial charge in [0.15, 0.2) is 0 Å². The molecule has 0 spiro atoms. The molecule has 1 atom stereocenters. The van der Waals surface area contributed by atoms with E-state index in [4.69, 9.17) is 5.73 Å². The Hall–Kier alpha value is -1.34. The number of hydrogen-bond donors (Lipinski definition) is 1. The molecule has 18 heavy (non-hydrogen) atoms. The highest BCUT2D eigenvalue weighted by Crippen LogP contribution is 2.38. The lowest BCUT2D eigenvalue weighted by Crippen LogP contribution is -2.39. The van der Waals surface area contributed by atoms with Crippen LogP contribution < -0.4 is 5.73 Å². The van der Waals surface area contributed by atoms with Gasteiger partial charge in [0.2, 0.25) is 0 Å². The zero-order valence-electron chi connectivity index (χ0n) is 11.8. The van der Waals surface area contributed by atoms with Crippen molar-refractivity contribution in [3.63, 3.8) is 0 Å². The summed E-state index contributed by atoms with van der Waals surface area (Å²) in [6.07, 6.45) is 5.46. The van der Waals surface area contributed by atoms with E-state index in [9.17, 15) is 0 Å². The second kappa shape index (κ2) is 4.40. The SMILES string of the molecule is CC(C)(C)C1=CCC(C)(N)C(c2ccccc2)=C1. The van der Waals surface area contributed by atoms with Crippen molar-refractivity contribution in [3.8, 4) is 0 Å². The molecule has 0 aliphatic heterocycles. The van der Waals surface area contributed by atoms with Gasteiger partial charge >= 0.3 is 0 Å². The van der Waals surface area contributed by atoms with Crippen molar-refractivity contribution in [1.29, 1.82) is 0 Å². The van der Waals surface area contributed by atoms with E-state index < -0.39 is 0 Å². The third kappa shape index (κ3) is 2.56. The van der Waals surface area contributed by atoms with Gasteiger partial charge in [0.25, 0.3) is 0 Å². The van der Waals surface area contributed by atoms with E-state index in [0.29, 0.717) is 0 Å². The van der Waals surface area contributed by atoms with Gasteiger partial charge < -0.3 is 5.73 Å². The van der Waals surface area contributed by atoms with E-state index in [-0.39, 0.29) is 11.0 Å². The molecule has 0 heterocycles. The first-order chi connectivity index (χ1) is 8.31. The molecule has 0 saturated heterocycles. The molecule has 0 fully saturated rings. The maximum atomic E-state index is 6.45. The Morgan fingerprint density at radius 1 is 1.11 bits per heavy atom. The van der Waals surface area contributed by atoms with Crippen LogP contribution in [0.3, 0.4) is 0 Å². The van der Waals surface area contributed by atoms with Crippen molar-refractivity contribution in [1.82, 2.24) is 0 Å². The molecule has 1 aliphatic rings. The van der Waals surface area contributed by atoms with Gasteiger partial charge in [-0.1, -0.05) is 63.3 Å². The van der Waals surface area contributed by atoms with E-state index in [1.165, 1.54) is 16.7 Å². The fraction of sp³-hybridized carbons (Fsp3) is 0.412. The molecule has 96 valence electrons. The zero-order valence-corrected chi connectivity index (χ0v) is 11.8. The van der Waals surface area contributed by atoms with Crippen LogP contribution in [0.25, 0.3) is 5.57 Å². The van der Waals surface area contributed by atoms with Crippen molar-refractivity contribution < 1.29 is 0 Å². The monoisotopic (exact) mass is 241 g/mol. The lowest BCUT2D eigenvalue weighted by Gasteiger charge is -2.34. The molecule has 0 saturated carbocycles. The van der Waals surface area contributed by atoms with Gasteiger partial charge in [-0.05, 0) is 35.5 Å². The quantitative estimate of drug-likeness (QED) is 0.785. The predicted octanol–water partition coefficient (Wildman–Crippen LogP) is 4.16. The van der Waals surface area contributed by atoms with Crippen LogP contribution in [0.5, 0.6) is 0 Å². The average Bonchev–Trinajstić information content (AvgIpc) is 2.28. The third-order valence-corrected chi connectivity index (χ3v) is 3.61. The first kappa shape index (κ1) is 13.1. The van der Waals surface area contributed by atoms with Crippen molar-refractivity contribution in [2.45, 2.75) is 39.7 Å². The maximum absolute atomic E-state index is 6.45. The fourth-order valence-electron chi connectivity index (χ4n) is 2.36. The second-order valence-corrected chi connectivity index (χ2v) is 6.46. The number of hydrogen-bond acceptors (Lipinski definition) is 1. The topological polar surface area (TPSA) is 26.0 Å². The Labute approximate surface area is 110 Å². The summed E-state index contributed by atoms with van der Waals surface area (Å²) in [5.74, 6) is 0. The summed E-state index contributed by atoms with van der Waals surface area (Å²) in [4.78, 5) is 0. The van der Waals surface area contributed by atoms with Crippen molar-refractivity contribution in [3.05, 3.63) is 53.6 Å². The largest absolute Gasteiger partial charge is 0.321 e. The summed E-state index contributed by atoms with van der Waals surface area (Å²) < 4.78 is 0. The molecule has 1 aromatic carbocycles. The van der Waals surface area contributed by atoms with Gasteiger partial charge in [0.1, 0.15) is 0 Å². The summed E-state index contributed by atoms with van der Waals surface area (Å²) in [7, 11) is 0. The van der Waals surface area contributed by atoms with Gasteiger partial charge in [-0.15, -0.1) is 0 Å². The van der Waals surface area contributed by atoms with Crippen LogP contribution in [0.1, 0.15) is 39.7 Å². The van der Waals surface area contributed by atoms with Crippen molar-refractivity contribution in [2.24, 2.45) is 11.1 Å². The molecule has 0 aromatic heterocycles. The van der Waals surface area contributed by atoms with Crippen molar-refractivity contribution >= 4 is 5.57 Å². The minimum Gasteiger partial charge on any atom is -0.321 e. The van der Waals surface area contributed by atoms with Crippen LogP contribution in [0.15, 0.2) is 48.1 Å². The van der Waals surface area contributed by atoms with Crippen LogP contribution >= 0.6 is 0 Å². The van der Waals surface area contributed by atoms with Gasteiger partial charge in [-0.25, -0.2) is 0 Å². The summed E-state index contributed by atoms with van der Waals surface area (Å²) in [5.41, 5.74) is 10.2. The maximum Gasteiger partial charge on any atom is 0.0422 e. The Morgan fingerprint density at radius 3 is 2.28 bits per heavy atom. The minimum absolute atomic E-state index is 0.177. The molecule has 1 aromatic rings. The molecule has 0 bridgehead atoms. The van der Waals surface area contributed by atoms with E-state index in [1.54, 1.807) is 0 Å². The number of rotatable bonds is 1. The Bertz CT molecular complexity index is 484. The van der Waals surface area contributed by atoms with Crippen LogP contribution in [-0.2, 0) is 0 Å². The molecule has 0 radical (unpaired) electrons. The van der Waals surface area contributed by atoms with Gasteiger partial charge in [0, 0.05) is 5.54 Å². The van der Waals surface area contributed by atoms with Crippen LogP contribution in [0.2, 0.25) is 0 Å². The molecule has 2 N–H and O–H groups in total.